The molecular formula is C30H58. The van der Waals surface area contributed by atoms with E-state index in [0.717, 1.165) is 23.7 Å². The highest BCUT2D eigenvalue weighted by molar-refractivity contribution is 4.82. The second kappa shape index (κ2) is 17.5. The Bertz CT molecular complexity index is 356. The van der Waals surface area contributed by atoms with Crippen LogP contribution in [0.1, 0.15) is 168 Å². The molecule has 0 bridgehead atoms. The molecule has 0 aliphatic heterocycles. The second-order valence-corrected chi connectivity index (χ2v) is 11.4. The lowest BCUT2D eigenvalue weighted by atomic mass is 9.68. The first-order valence-corrected chi connectivity index (χ1v) is 14.8. The summed E-state index contributed by atoms with van der Waals surface area (Å²) in [6.45, 7) is 4.64. The van der Waals surface area contributed by atoms with Gasteiger partial charge in [-0.1, -0.05) is 142 Å². The van der Waals surface area contributed by atoms with Crippen molar-refractivity contribution in [2.24, 2.45) is 23.7 Å². The Morgan fingerprint density at radius 3 is 1.00 bits per heavy atom. The molecule has 0 aromatic rings. The van der Waals surface area contributed by atoms with Gasteiger partial charge >= 0.3 is 0 Å². The number of unbranched alkanes of at least 4 members (excludes halogenated alkanes) is 12. The van der Waals surface area contributed by atoms with Gasteiger partial charge in [-0.25, -0.2) is 0 Å². The van der Waals surface area contributed by atoms with Gasteiger partial charge in [-0.05, 0) is 49.4 Å². The lowest BCUT2D eigenvalue weighted by Crippen LogP contribution is -2.25. The monoisotopic (exact) mass is 418 g/mol. The summed E-state index contributed by atoms with van der Waals surface area (Å²) >= 11 is 0. The molecule has 2 rings (SSSR count). The standard InChI is InChI=1S/C30H58/c1-3-5-7-9-11-12-14-16-18-28-21-25-30(26-22-28)29-23-19-27(20-24-29)17-15-13-10-8-6-4-2/h27-30H,3-26H2,1-2H3/t27-,28?,29-,30?. The van der Waals surface area contributed by atoms with Gasteiger partial charge in [0.1, 0.15) is 0 Å². The highest BCUT2D eigenvalue weighted by atomic mass is 14.4. The molecule has 0 N–H and O–H groups in total. The zero-order valence-corrected chi connectivity index (χ0v) is 21.3. The van der Waals surface area contributed by atoms with Gasteiger partial charge in [0.15, 0.2) is 0 Å². The minimum Gasteiger partial charge on any atom is -0.0654 e. The van der Waals surface area contributed by atoms with Gasteiger partial charge in [-0.15, -0.1) is 0 Å². The van der Waals surface area contributed by atoms with Gasteiger partial charge in [0.2, 0.25) is 0 Å². The molecule has 30 heavy (non-hydrogen) atoms. The maximum Gasteiger partial charge on any atom is -0.0386 e. The summed E-state index contributed by atoms with van der Waals surface area (Å²) in [6, 6.07) is 0. The highest BCUT2D eigenvalue weighted by Gasteiger charge is 2.30. The quantitative estimate of drug-likeness (QED) is 0.206. The summed E-state index contributed by atoms with van der Waals surface area (Å²) in [5.41, 5.74) is 0. The van der Waals surface area contributed by atoms with Crippen LogP contribution in [-0.4, -0.2) is 0 Å². The van der Waals surface area contributed by atoms with Crippen LogP contribution in [0.15, 0.2) is 0 Å². The average Bonchev–Trinajstić information content (AvgIpc) is 2.79. The molecule has 0 heteroatoms. The molecular weight excluding hydrogens is 360 g/mol. The largest absolute Gasteiger partial charge is 0.0654 e. The smallest absolute Gasteiger partial charge is 0.0386 e. The van der Waals surface area contributed by atoms with E-state index < -0.39 is 0 Å². The van der Waals surface area contributed by atoms with Crippen molar-refractivity contribution in [3.8, 4) is 0 Å². The zero-order valence-electron chi connectivity index (χ0n) is 21.3. The highest BCUT2D eigenvalue weighted by Crippen LogP contribution is 2.43. The number of hydrogen-bond donors (Lipinski definition) is 0. The lowest BCUT2D eigenvalue weighted by Gasteiger charge is -2.38. The molecule has 0 aromatic carbocycles. The molecule has 0 amide bonds. The van der Waals surface area contributed by atoms with Crippen LogP contribution >= 0.6 is 0 Å². The van der Waals surface area contributed by atoms with Crippen molar-refractivity contribution in [2.75, 3.05) is 0 Å². The Morgan fingerprint density at radius 1 is 0.367 bits per heavy atom. The first-order chi connectivity index (χ1) is 14.8. The van der Waals surface area contributed by atoms with Crippen molar-refractivity contribution in [3.63, 3.8) is 0 Å². The molecule has 2 fully saturated rings. The van der Waals surface area contributed by atoms with Crippen molar-refractivity contribution in [3.05, 3.63) is 0 Å². The number of rotatable bonds is 17. The van der Waals surface area contributed by atoms with Gasteiger partial charge in [-0.3, -0.25) is 0 Å². The molecule has 2 aliphatic rings. The van der Waals surface area contributed by atoms with Gasteiger partial charge < -0.3 is 0 Å². The Balaban J connectivity index is 1.43. The summed E-state index contributed by atoms with van der Waals surface area (Å²) in [5.74, 6) is 4.39. The Morgan fingerprint density at radius 2 is 0.667 bits per heavy atom. The van der Waals surface area contributed by atoms with E-state index in [1.807, 2.05) is 0 Å². The average molecular weight is 419 g/mol. The topological polar surface area (TPSA) is 0 Å². The maximum atomic E-state index is 2.32. The molecule has 0 aromatic heterocycles. The van der Waals surface area contributed by atoms with Crippen LogP contribution in [0.5, 0.6) is 0 Å². The molecule has 178 valence electrons. The minimum absolute atomic E-state index is 1.09. The van der Waals surface area contributed by atoms with Gasteiger partial charge in [0, 0.05) is 0 Å². The van der Waals surface area contributed by atoms with Gasteiger partial charge in [-0.2, -0.15) is 0 Å². The summed E-state index contributed by atoms with van der Waals surface area (Å²) < 4.78 is 0. The summed E-state index contributed by atoms with van der Waals surface area (Å²) in [7, 11) is 0. The van der Waals surface area contributed by atoms with E-state index in [4.69, 9.17) is 0 Å². The Labute approximate surface area is 191 Å². The lowest BCUT2D eigenvalue weighted by molar-refractivity contribution is 0.139. The van der Waals surface area contributed by atoms with Crippen LogP contribution in [0.4, 0.5) is 0 Å². The van der Waals surface area contributed by atoms with Crippen molar-refractivity contribution >= 4 is 0 Å². The molecule has 2 aliphatic carbocycles. The molecule has 0 atom stereocenters. The third kappa shape index (κ3) is 11.6. The van der Waals surface area contributed by atoms with Crippen LogP contribution in [0, 0.1) is 23.7 Å². The summed E-state index contributed by atoms with van der Waals surface area (Å²) in [4.78, 5) is 0. The normalized spacial score (nSPS) is 27.4. The minimum atomic E-state index is 1.09. The van der Waals surface area contributed by atoms with Crippen LogP contribution in [0.3, 0.4) is 0 Å². The van der Waals surface area contributed by atoms with Gasteiger partial charge in [0.25, 0.3) is 0 Å². The second-order valence-electron chi connectivity index (χ2n) is 11.4. The third-order valence-electron chi connectivity index (χ3n) is 8.88. The number of hydrogen-bond acceptors (Lipinski definition) is 0. The van der Waals surface area contributed by atoms with E-state index in [1.165, 1.54) is 89.9 Å². The Kier molecular flexibility index (Phi) is 15.4. The van der Waals surface area contributed by atoms with E-state index >= 15 is 0 Å². The fourth-order valence-corrected chi connectivity index (χ4v) is 6.68. The predicted octanol–water partition coefficient (Wildman–Crippen LogP) is 10.9. The first-order valence-electron chi connectivity index (χ1n) is 14.8. The SMILES string of the molecule is CCCCCCCCCCC1CCC([C@H]2CC[C@H](CCCCCCCC)CC2)CC1. The molecule has 2 saturated carbocycles. The molecule has 0 heterocycles. The zero-order chi connectivity index (χ0) is 21.3. The molecule has 0 spiro atoms. The maximum absolute atomic E-state index is 2.32. The van der Waals surface area contributed by atoms with E-state index in [1.54, 1.807) is 64.2 Å². The fourth-order valence-electron chi connectivity index (χ4n) is 6.68. The first kappa shape index (κ1) is 26.3. The fraction of sp³-hybridized carbons (Fsp3) is 1.00. The van der Waals surface area contributed by atoms with Crippen molar-refractivity contribution in [2.45, 2.75) is 168 Å². The van der Waals surface area contributed by atoms with Crippen LogP contribution in [0.25, 0.3) is 0 Å². The summed E-state index contributed by atoms with van der Waals surface area (Å²) in [5, 5.41) is 0. The summed E-state index contributed by atoms with van der Waals surface area (Å²) in [6.07, 6.45) is 36.3. The van der Waals surface area contributed by atoms with Crippen LogP contribution in [0.2, 0.25) is 0 Å². The van der Waals surface area contributed by atoms with Crippen LogP contribution < -0.4 is 0 Å². The van der Waals surface area contributed by atoms with Crippen LogP contribution in [-0.2, 0) is 0 Å². The van der Waals surface area contributed by atoms with Gasteiger partial charge in [0.05, 0.1) is 0 Å². The predicted molar refractivity (Wildman–Crippen MR) is 136 cm³/mol. The van der Waals surface area contributed by atoms with Crippen molar-refractivity contribution in [1.29, 1.82) is 0 Å². The Hall–Kier alpha value is 0. The molecule has 0 saturated heterocycles. The molecule has 0 radical (unpaired) electrons. The third-order valence-corrected chi connectivity index (χ3v) is 8.88. The van der Waals surface area contributed by atoms with Crippen molar-refractivity contribution < 1.29 is 0 Å². The van der Waals surface area contributed by atoms with E-state index in [0.29, 0.717) is 0 Å². The van der Waals surface area contributed by atoms with Crippen molar-refractivity contribution in [1.82, 2.24) is 0 Å². The molecule has 0 nitrogen and oxygen atoms in total. The van der Waals surface area contributed by atoms with E-state index in [2.05, 4.69) is 13.8 Å². The van der Waals surface area contributed by atoms with E-state index in [-0.39, 0.29) is 0 Å². The molecule has 0 unspecified atom stereocenters. The van der Waals surface area contributed by atoms with E-state index in [9.17, 15) is 0 Å².